The third-order valence-electron chi connectivity index (χ3n) is 3.45. The Morgan fingerprint density at radius 1 is 0.972 bits per heavy atom. The summed E-state index contributed by atoms with van der Waals surface area (Å²) < 4.78 is 42.1. The molecule has 0 unspecified atom stereocenters. The number of halogens is 3. The third kappa shape index (κ3) is 18.7. The molecule has 0 radical (unpaired) electrons. The van der Waals surface area contributed by atoms with Crippen LogP contribution < -0.4 is 0 Å². The van der Waals surface area contributed by atoms with Crippen LogP contribution in [0.15, 0.2) is 48.4 Å². The number of nitrogens with zero attached hydrogens (tertiary/aromatic N) is 4. The van der Waals surface area contributed by atoms with E-state index in [1.807, 2.05) is 12.3 Å². The zero-order valence-electron chi connectivity index (χ0n) is 18.6. The first-order valence-electron chi connectivity index (χ1n) is 9.21. The first-order valence-corrected chi connectivity index (χ1v) is 16.3. The number of rotatable bonds is 3. The van der Waals surface area contributed by atoms with E-state index in [1.165, 1.54) is 37.9 Å². The summed E-state index contributed by atoms with van der Waals surface area (Å²) in [6, 6.07) is 1.94. The Balaban J connectivity index is -0.000000421. The van der Waals surface area contributed by atoms with Crippen LogP contribution in [0, 0.1) is 75.5 Å². The van der Waals surface area contributed by atoms with Crippen molar-refractivity contribution in [2.45, 2.75) is 34.0 Å². The average molecular weight is 837 g/mol. The van der Waals surface area contributed by atoms with Crippen molar-refractivity contribution in [3.05, 3.63) is 43.5 Å². The predicted molar refractivity (Wildman–Crippen MR) is 155 cm³/mol. The SMILES string of the molecule is C.CCCC(I)I.CS(=O)(=O)Cl.CS(=O)(=O)c1c[nH]c2ncncc12.[Ar].[Ar].c1ncc2cc[nH]c2n1. The van der Waals surface area contributed by atoms with Gasteiger partial charge in [-0.25, -0.2) is 36.8 Å². The van der Waals surface area contributed by atoms with Gasteiger partial charge in [-0.3, -0.25) is 0 Å². The summed E-state index contributed by atoms with van der Waals surface area (Å²) in [5, 5.41) is 1.59. The van der Waals surface area contributed by atoms with Crippen molar-refractivity contribution in [1.82, 2.24) is 29.9 Å². The van der Waals surface area contributed by atoms with Crippen molar-refractivity contribution in [3.63, 3.8) is 0 Å². The Bertz CT molecular complexity index is 1320. The van der Waals surface area contributed by atoms with Crippen molar-refractivity contribution in [2.75, 3.05) is 12.5 Å². The molecule has 0 saturated carbocycles. The van der Waals surface area contributed by atoms with Gasteiger partial charge in [0.25, 0.3) is 0 Å². The summed E-state index contributed by atoms with van der Waals surface area (Å²) in [6.45, 7) is 2.21. The molecule has 4 heterocycles. The number of hydrogen-bond acceptors (Lipinski definition) is 8. The topological polar surface area (TPSA) is 151 Å². The Labute approximate surface area is 304 Å². The molecule has 10 nitrogen and oxygen atoms in total. The van der Waals surface area contributed by atoms with Gasteiger partial charge in [-0.05, 0) is 12.5 Å². The van der Waals surface area contributed by atoms with Gasteiger partial charge in [-0.15, -0.1) is 0 Å². The minimum Gasteiger partial charge on any atom is -0.346 e. The van der Waals surface area contributed by atoms with Gasteiger partial charge >= 0.3 is 0 Å². The van der Waals surface area contributed by atoms with Crippen LogP contribution in [0.4, 0.5) is 0 Å². The van der Waals surface area contributed by atoms with E-state index in [-0.39, 0.29) is 87.8 Å². The zero-order chi connectivity index (χ0) is 25.1. The molecule has 0 aromatic carbocycles. The van der Waals surface area contributed by atoms with Crippen molar-refractivity contribution in [2.24, 2.45) is 0 Å². The van der Waals surface area contributed by atoms with Crippen LogP contribution in [0.1, 0.15) is 27.2 Å². The number of nitrogens with one attached hydrogen (secondary N) is 2. The van der Waals surface area contributed by atoms with E-state index >= 15 is 0 Å². The fraction of sp³-hybridized carbons (Fsp3) is 0.368. The summed E-state index contributed by atoms with van der Waals surface area (Å²) in [6.07, 6.45) is 14.2. The number of alkyl halides is 2. The second-order valence-electron chi connectivity index (χ2n) is 6.38. The maximum atomic E-state index is 11.2. The van der Waals surface area contributed by atoms with E-state index in [1.54, 1.807) is 6.20 Å². The zero-order valence-corrected chi connectivity index (χ0v) is 26.7. The van der Waals surface area contributed by atoms with Gasteiger partial charge in [0.15, 0.2) is 9.84 Å². The molecule has 0 saturated heterocycles. The second kappa shape index (κ2) is 21.2. The monoisotopic (exact) mass is 836 g/mol. The summed E-state index contributed by atoms with van der Waals surface area (Å²) in [5.74, 6) is 0. The van der Waals surface area contributed by atoms with E-state index in [9.17, 15) is 16.8 Å². The molecule has 0 atom stereocenters. The third-order valence-corrected chi connectivity index (χ3v) is 5.83. The van der Waals surface area contributed by atoms with E-state index in [0.717, 1.165) is 25.5 Å². The van der Waals surface area contributed by atoms with Gasteiger partial charge in [-0.1, -0.05) is 66.0 Å². The number of aromatic amines is 2. The van der Waals surface area contributed by atoms with Crippen LogP contribution in [0.5, 0.6) is 0 Å². The van der Waals surface area contributed by atoms with Crippen molar-refractivity contribution >= 4 is 96.8 Å². The first kappa shape index (κ1) is 41.9. The molecule has 0 bridgehead atoms. The van der Waals surface area contributed by atoms with E-state index < -0.39 is 18.9 Å². The molecular weight excluding hydrogens is 810 g/mol. The molecule has 0 amide bonds. The smallest absolute Gasteiger partial charge is 0.229 e. The molecule has 0 aliphatic rings. The van der Waals surface area contributed by atoms with Crippen LogP contribution in [0.3, 0.4) is 0 Å². The van der Waals surface area contributed by atoms with Crippen molar-refractivity contribution < 1.29 is 92.3 Å². The number of hydrogen-bond donors (Lipinski definition) is 2. The molecule has 17 heteroatoms. The van der Waals surface area contributed by atoms with Crippen LogP contribution >= 0.6 is 55.9 Å². The quantitative estimate of drug-likeness (QED) is 0.164. The molecule has 0 spiro atoms. The van der Waals surface area contributed by atoms with E-state index in [4.69, 9.17) is 0 Å². The number of H-pyrrole nitrogens is 2. The molecule has 206 valence electrons. The Morgan fingerprint density at radius 2 is 1.50 bits per heavy atom. The van der Waals surface area contributed by atoms with Crippen LogP contribution in [0.2, 0.25) is 0 Å². The van der Waals surface area contributed by atoms with E-state index in [0.29, 0.717) is 11.0 Å². The van der Waals surface area contributed by atoms with Gasteiger partial charge < -0.3 is 9.97 Å². The first-order chi connectivity index (χ1) is 15.3. The Kier molecular flexibility index (Phi) is 24.7. The van der Waals surface area contributed by atoms with E-state index in [2.05, 4.69) is 92.7 Å². The van der Waals surface area contributed by atoms with Crippen LogP contribution in [0.25, 0.3) is 22.1 Å². The molecule has 36 heavy (non-hydrogen) atoms. The Hall–Kier alpha value is 1.41. The molecule has 0 fully saturated rings. The van der Waals surface area contributed by atoms with Crippen LogP contribution in [-0.4, -0.2) is 61.2 Å². The fourth-order valence-electron chi connectivity index (χ4n) is 2.15. The minimum atomic E-state index is -3.20. The van der Waals surface area contributed by atoms with Crippen molar-refractivity contribution in [3.8, 4) is 0 Å². The largest absolute Gasteiger partial charge is 0.346 e. The molecule has 0 aliphatic carbocycles. The predicted octanol–water partition coefficient (Wildman–Crippen LogP) is 5.12. The molecule has 2 N–H and O–H groups in total. The fourth-order valence-corrected chi connectivity index (χ4v) is 4.22. The average Bonchev–Trinajstić information content (AvgIpc) is 3.34. The Morgan fingerprint density at radius 3 is 1.94 bits per heavy atom. The number of sulfone groups is 1. The normalized spacial score (nSPS) is 10.2. The second-order valence-corrected chi connectivity index (χ2v) is 16.8. The summed E-state index contributed by atoms with van der Waals surface area (Å²) in [7, 11) is -1.89. The maximum Gasteiger partial charge on any atom is 0.229 e. The number of aromatic nitrogens is 6. The summed E-state index contributed by atoms with van der Waals surface area (Å²) in [5.41, 5.74) is 1.43. The summed E-state index contributed by atoms with van der Waals surface area (Å²) >= 11 is 4.86. The standard InChI is InChI=1S/C7H7N3O2S.C6H5N3.C4H8I2.CH3ClO2S.CH4.2Ar/c1-13(11,12)6-3-9-7-5(6)2-8-4-10-7;1-2-8-6-5(1)3-7-4-9-6;1-2-3-4(5)6;1-5(2,3)4;;;/h2-4H,1H3,(H,8,9,10);1-4H,(H,7,8,9);4H,2-3H2,1H3;1H3;1H4;;. The maximum absolute atomic E-state index is 11.2. The summed E-state index contributed by atoms with van der Waals surface area (Å²) in [4.78, 5) is 21.4. The molecule has 4 rings (SSSR count). The van der Waals surface area contributed by atoms with Crippen molar-refractivity contribution in [1.29, 1.82) is 0 Å². The molecular formula is C19H27Ar2ClI2N6O4S2. The minimum absolute atomic E-state index is 0. The van der Waals surface area contributed by atoms with Gasteiger partial charge in [-0.2, -0.15) is 0 Å². The van der Waals surface area contributed by atoms with Gasteiger partial charge in [0.1, 0.15) is 23.9 Å². The molecule has 4 aromatic rings. The van der Waals surface area contributed by atoms with Crippen LogP contribution in [-0.2, 0) is 18.9 Å². The van der Waals surface area contributed by atoms with Gasteiger partial charge in [0, 0.05) is 123 Å². The van der Waals surface area contributed by atoms with Gasteiger partial charge in [0.05, 0.1) is 18.5 Å². The van der Waals surface area contributed by atoms with Gasteiger partial charge in [0.2, 0.25) is 9.05 Å². The molecule has 4 aromatic heterocycles. The molecule has 0 aliphatic heterocycles. The number of fused-ring (bicyclic) bond motifs is 2.